The summed E-state index contributed by atoms with van der Waals surface area (Å²) in [5.41, 5.74) is 0.823. The molecule has 0 aromatic heterocycles. The minimum Gasteiger partial charge on any atom is -0.464 e. The number of ether oxygens (including phenoxy) is 2. The molecule has 1 N–H and O–H groups in total. The van der Waals surface area contributed by atoms with Gasteiger partial charge in [0, 0.05) is 10.7 Å². The third-order valence-electron chi connectivity index (χ3n) is 2.93. The SMILES string of the molecule is CCOC(=O)[C@H](C)Nc1ccc(Oc2ccc(Cl)cc2)cc1. The van der Waals surface area contributed by atoms with E-state index in [0.29, 0.717) is 23.1 Å². The van der Waals surface area contributed by atoms with Crippen LogP contribution in [0.5, 0.6) is 11.5 Å². The van der Waals surface area contributed by atoms with Gasteiger partial charge in [0.25, 0.3) is 0 Å². The second kappa shape index (κ2) is 7.71. The molecular formula is C17H18ClNO3. The van der Waals surface area contributed by atoms with Crippen molar-refractivity contribution in [3.05, 3.63) is 53.6 Å². The highest BCUT2D eigenvalue weighted by atomic mass is 35.5. The number of benzene rings is 2. The predicted molar refractivity (Wildman–Crippen MR) is 87.7 cm³/mol. The van der Waals surface area contributed by atoms with E-state index < -0.39 is 6.04 Å². The molecule has 2 aromatic carbocycles. The molecule has 0 radical (unpaired) electrons. The Morgan fingerprint density at radius 1 is 1.09 bits per heavy atom. The number of hydrogen-bond donors (Lipinski definition) is 1. The molecule has 0 spiro atoms. The lowest BCUT2D eigenvalue weighted by Gasteiger charge is -2.14. The molecule has 0 aliphatic heterocycles. The maximum absolute atomic E-state index is 11.6. The lowest BCUT2D eigenvalue weighted by Crippen LogP contribution is -2.28. The average Bonchev–Trinajstić information content (AvgIpc) is 2.51. The van der Waals surface area contributed by atoms with Gasteiger partial charge in [-0.2, -0.15) is 0 Å². The first-order chi connectivity index (χ1) is 10.6. The standard InChI is InChI=1S/C17H18ClNO3/c1-3-21-17(20)12(2)19-14-6-10-16(11-7-14)22-15-8-4-13(18)5-9-15/h4-12,19H,3H2,1-2H3/t12-/m0/s1. The van der Waals surface area contributed by atoms with Gasteiger partial charge in [0.15, 0.2) is 0 Å². The smallest absolute Gasteiger partial charge is 0.328 e. The Kier molecular flexibility index (Phi) is 5.67. The monoisotopic (exact) mass is 319 g/mol. The molecule has 0 aliphatic rings. The molecule has 2 aromatic rings. The zero-order valence-electron chi connectivity index (χ0n) is 12.5. The number of nitrogens with one attached hydrogen (secondary N) is 1. The number of esters is 1. The molecule has 0 aliphatic carbocycles. The molecule has 22 heavy (non-hydrogen) atoms. The Bertz CT molecular complexity index is 611. The molecule has 4 nitrogen and oxygen atoms in total. The van der Waals surface area contributed by atoms with E-state index in [0.717, 1.165) is 5.69 Å². The van der Waals surface area contributed by atoms with Crippen LogP contribution in [0, 0.1) is 0 Å². The molecule has 0 saturated heterocycles. The quantitative estimate of drug-likeness (QED) is 0.797. The van der Waals surface area contributed by atoms with Crippen molar-refractivity contribution in [1.82, 2.24) is 0 Å². The number of carbonyl (C=O) groups is 1. The lowest BCUT2D eigenvalue weighted by molar-refractivity contribution is -0.143. The van der Waals surface area contributed by atoms with Crippen LogP contribution in [0.1, 0.15) is 13.8 Å². The molecule has 0 fully saturated rings. The van der Waals surface area contributed by atoms with Gasteiger partial charge in [-0.15, -0.1) is 0 Å². The van der Waals surface area contributed by atoms with Crippen molar-refractivity contribution in [2.75, 3.05) is 11.9 Å². The van der Waals surface area contributed by atoms with E-state index >= 15 is 0 Å². The van der Waals surface area contributed by atoms with Gasteiger partial charge in [-0.3, -0.25) is 0 Å². The van der Waals surface area contributed by atoms with Crippen LogP contribution in [0.15, 0.2) is 48.5 Å². The Morgan fingerprint density at radius 2 is 1.64 bits per heavy atom. The Labute approximate surface area is 135 Å². The summed E-state index contributed by atoms with van der Waals surface area (Å²) in [5, 5.41) is 3.74. The predicted octanol–water partition coefficient (Wildman–Crippen LogP) is 4.50. The first-order valence-corrected chi connectivity index (χ1v) is 7.43. The van der Waals surface area contributed by atoms with Crippen molar-refractivity contribution in [3.8, 4) is 11.5 Å². The lowest BCUT2D eigenvalue weighted by atomic mass is 10.2. The molecule has 116 valence electrons. The number of halogens is 1. The largest absolute Gasteiger partial charge is 0.464 e. The third-order valence-corrected chi connectivity index (χ3v) is 3.18. The number of carbonyl (C=O) groups excluding carboxylic acids is 1. The van der Waals surface area contributed by atoms with E-state index in [9.17, 15) is 4.79 Å². The molecule has 0 unspecified atom stereocenters. The second-order valence-corrected chi connectivity index (χ2v) is 5.13. The van der Waals surface area contributed by atoms with Crippen molar-refractivity contribution >= 4 is 23.3 Å². The van der Waals surface area contributed by atoms with Gasteiger partial charge in [-0.25, -0.2) is 4.79 Å². The van der Waals surface area contributed by atoms with Crippen LogP contribution >= 0.6 is 11.6 Å². The molecule has 5 heteroatoms. The highest BCUT2D eigenvalue weighted by molar-refractivity contribution is 6.30. The fraction of sp³-hybridized carbons (Fsp3) is 0.235. The van der Waals surface area contributed by atoms with Crippen LogP contribution in [-0.4, -0.2) is 18.6 Å². The fourth-order valence-electron chi connectivity index (χ4n) is 1.83. The molecule has 0 amide bonds. The third kappa shape index (κ3) is 4.67. The Morgan fingerprint density at radius 3 is 2.18 bits per heavy atom. The highest BCUT2D eigenvalue weighted by Gasteiger charge is 2.13. The zero-order chi connectivity index (χ0) is 15.9. The normalized spacial score (nSPS) is 11.6. The van der Waals surface area contributed by atoms with Crippen LogP contribution < -0.4 is 10.1 Å². The summed E-state index contributed by atoms with van der Waals surface area (Å²) < 4.78 is 10.7. The highest BCUT2D eigenvalue weighted by Crippen LogP contribution is 2.24. The van der Waals surface area contributed by atoms with Crippen molar-refractivity contribution in [3.63, 3.8) is 0 Å². The molecule has 0 heterocycles. The van der Waals surface area contributed by atoms with E-state index in [1.54, 1.807) is 38.1 Å². The zero-order valence-corrected chi connectivity index (χ0v) is 13.3. The van der Waals surface area contributed by atoms with E-state index in [4.69, 9.17) is 21.1 Å². The minimum atomic E-state index is -0.400. The number of rotatable bonds is 6. The van der Waals surface area contributed by atoms with Crippen molar-refractivity contribution in [1.29, 1.82) is 0 Å². The van der Waals surface area contributed by atoms with Crippen LogP contribution in [0.2, 0.25) is 5.02 Å². The van der Waals surface area contributed by atoms with Gasteiger partial charge < -0.3 is 14.8 Å². The maximum Gasteiger partial charge on any atom is 0.328 e. The van der Waals surface area contributed by atoms with E-state index in [1.165, 1.54) is 0 Å². The summed E-state index contributed by atoms with van der Waals surface area (Å²) in [5.74, 6) is 1.14. The van der Waals surface area contributed by atoms with Gasteiger partial charge >= 0.3 is 5.97 Å². The molecule has 2 rings (SSSR count). The van der Waals surface area contributed by atoms with E-state index in [1.807, 2.05) is 24.3 Å². The first kappa shape index (κ1) is 16.2. The summed E-state index contributed by atoms with van der Waals surface area (Å²) >= 11 is 5.83. The van der Waals surface area contributed by atoms with Gasteiger partial charge in [0.2, 0.25) is 0 Å². The fourth-order valence-corrected chi connectivity index (χ4v) is 1.96. The number of hydrogen-bond acceptors (Lipinski definition) is 4. The van der Waals surface area contributed by atoms with Crippen LogP contribution in [0.4, 0.5) is 5.69 Å². The van der Waals surface area contributed by atoms with Gasteiger partial charge in [-0.05, 0) is 62.4 Å². The average molecular weight is 320 g/mol. The Hall–Kier alpha value is -2.20. The van der Waals surface area contributed by atoms with Crippen molar-refractivity contribution in [2.45, 2.75) is 19.9 Å². The van der Waals surface area contributed by atoms with Crippen molar-refractivity contribution in [2.24, 2.45) is 0 Å². The van der Waals surface area contributed by atoms with Crippen LogP contribution in [0.25, 0.3) is 0 Å². The van der Waals surface area contributed by atoms with Gasteiger partial charge in [0.1, 0.15) is 17.5 Å². The Balaban J connectivity index is 1.95. The van der Waals surface area contributed by atoms with Crippen molar-refractivity contribution < 1.29 is 14.3 Å². The van der Waals surface area contributed by atoms with Crippen LogP contribution in [0.3, 0.4) is 0 Å². The summed E-state index contributed by atoms with van der Waals surface area (Å²) in [6.45, 7) is 3.92. The molecule has 0 saturated carbocycles. The summed E-state index contributed by atoms with van der Waals surface area (Å²) in [6.07, 6.45) is 0. The summed E-state index contributed by atoms with van der Waals surface area (Å²) in [7, 11) is 0. The first-order valence-electron chi connectivity index (χ1n) is 7.05. The summed E-state index contributed by atoms with van der Waals surface area (Å²) in [4.78, 5) is 11.6. The number of anilines is 1. The minimum absolute atomic E-state index is 0.274. The molecule has 0 bridgehead atoms. The second-order valence-electron chi connectivity index (χ2n) is 4.70. The molecular weight excluding hydrogens is 302 g/mol. The van der Waals surface area contributed by atoms with E-state index in [2.05, 4.69) is 5.32 Å². The summed E-state index contributed by atoms with van der Waals surface area (Å²) in [6, 6.07) is 14.1. The van der Waals surface area contributed by atoms with E-state index in [-0.39, 0.29) is 5.97 Å². The molecule has 1 atom stereocenters. The van der Waals surface area contributed by atoms with Gasteiger partial charge in [-0.1, -0.05) is 11.6 Å². The topological polar surface area (TPSA) is 47.6 Å². The van der Waals surface area contributed by atoms with Gasteiger partial charge in [0.05, 0.1) is 6.61 Å². The van der Waals surface area contributed by atoms with Crippen LogP contribution in [-0.2, 0) is 9.53 Å². The maximum atomic E-state index is 11.6.